The highest BCUT2D eigenvalue weighted by molar-refractivity contribution is 7.18. The van der Waals surface area contributed by atoms with Crippen molar-refractivity contribution in [3.05, 3.63) is 45.6 Å². The van der Waals surface area contributed by atoms with Crippen molar-refractivity contribution in [2.24, 2.45) is 5.16 Å². The predicted octanol–water partition coefficient (Wildman–Crippen LogP) is 4.38. The Balaban J connectivity index is 1.58. The Morgan fingerprint density at radius 3 is 2.60 bits per heavy atom. The van der Waals surface area contributed by atoms with Crippen LogP contribution in [0.15, 0.2) is 41.6 Å². The molecule has 0 bridgehead atoms. The number of benzene rings is 1. The van der Waals surface area contributed by atoms with Crippen molar-refractivity contribution in [1.82, 2.24) is 0 Å². The molecule has 0 radical (unpaired) electrons. The van der Waals surface area contributed by atoms with E-state index >= 15 is 0 Å². The molecule has 1 atom stereocenters. The first-order valence-corrected chi connectivity index (χ1v) is 9.44. The Morgan fingerprint density at radius 2 is 2.00 bits per heavy atom. The van der Waals surface area contributed by atoms with Gasteiger partial charge in [-0.05, 0) is 50.2 Å². The number of nitrogens with one attached hydrogen (secondary N) is 1. The Kier molecular flexibility index (Phi) is 5.60. The molecule has 0 spiro atoms. The summed E-state index contributed by atoms with van der Waals surface area (Å²) in [5.41, 5.74) is 2.64. The van der Waals surface area contributed by atoms with Gasteiger partial charge in [0.2, 0.25) is 6.10 Å². The molecule has 1 amide bonds. The zero-order chi connectivity index (χ0) is 17.8. The van der Waals surface area contributed by atoms with E-state index in [9.17, 15) is 4.79 Å². The van der Waals surface area contributed by atoms with Crippen LogP contribution < -0.4 is 10.2 Å². The molecule has 1 aromatic carbocycles. The number of halogens is 1. The first-order valence-electron chi connectivity index (χ1n) is 8.25. The first kappa shape index (κ1) is 17.8. The van der Waals surface area contributed by atoms with E-state index in [1.807, 2.05) is 36.4 Å². The Labute approximate surface area is 156 Å². The molecule has 2 aromatic rings. The lowest BCUT2D eigenvalue weighted by Crippen LogP contribution is -2.28. The summed E-state index contributed by atoms with van der Waals surface area (Å²) in [6.07, 6.45) is -0.168. The Morgan fingerprint density at radius 1 is 1.28 bits per heavy atom. The van der Waals surface area contributed by atoms with Crippen LogP contribution in [-0.4, -0.2) is 30.8 Å². The maximum absolute atomic E-state index is 12.4. The van der Waals surface area contributed by atoms with Crippen molar-refractivity contribution in [1.29, 1.82) is 0 Å². The minimum atomic E-state index is -0.613. The monoisotopic (exact) mass is 377 g/mol. The van der Waals surface area contributed by atoms with Crippen LogP contribution >= 0.6 is 22.9 Å². The van der Waals surface area contributed by atoms with Gasteiger partial charge in [0.15, 0.2) is 0 Å². The van der Waals surface area contributed by atoms with Gasteiger partial charge in [-0.15, -0.1) is 11.3 Å². The van der Waals surface area contributed by atoms with Crippen molar-refractivity contribution < 1.29 is 9.63 Å². The number of thiophene rings is 1. The normalized spacial score (nSPS) is 16.3. The van der Waals surface area contributed by atoms with E-state index in [0.29, 0.717) is 10.8 Å². The molecule has 2 heterocycles. The van der Waals surface area contributed by atoms with Crippen LogP contribution in [0.2, 0.25) is 4.34 Å². The predicted molar refractivity (Wildman–Crippen MR) is 104 cm³/mol. The molecule has 0 saturated heterocycles. The number of hydrogen-bond donors (Lipinski definition) is 1. The summed E-state index contributed by atoms with van der Waals surface area (Å²) in [5, 5.41) is 6.91. The third-order valence-corrected chi connectivity index (χ3v) is 5.36. The highest BCUT2D eigenvalue weighted by Crippen LogP contribution is 2.27. The highest BCUT2D eigenvalue weighted by Gasteiger charge is 2.29. The minimum Gasteiger partial charge on any atom is -0.382 e. The largest absolute Gasteiger partial charge is 0.382 e. The number of rotatable bonds is 6. The molecular formula is C18H20ClN3O2S. The van der Waals surface area contributed by atoms with Gasteiger partial charge in [0.25, 0.3) is 5.91 Å². The summed E-state index contributed by atoms with van der Waals surface area (Å²) in [4.78, 5) is 20.9. The molecule has 5 nitrogen and oxygen atoms in total. The molecule has 3 rings (SSSR count). The highest BCUT2D eigenvalue weighted by atomic mass is 35.5. The molecule has 1 aromatic heterocycles. The van der Waals surface area contributed by atoms with Crippen molar-refractivity contribution in [3.8, 4) is 0 Å². The van der Waals surface area contributed by atoms with Gasteiger partial charge >= 0.3 is 0 Å². The fourth-order valence-corrected chi connectivity index (χ4v) is 3.73. The minimum absolute atomic E-state index is 0.197. The summed E-state index contributed by atoms with van der Waals surface area (Å²) < 4.78 is 0.693. The van der Waals surface area contributed by atoms with Gasteiger partial charge in [0, 0.05) is 30.9 Å². The quantitative estimate of drug-likeness (QED) is 0.812. The van der Waals surface area contributed by atoms with Gasteiger partial charge in [0.05, 0.1) is 9.21 Å². The zero-order valence-corrected chi connectivity index (χ0v) is 15.7. The average molecular weight is 378 g/mol. The van der Waals surface area contributed by atoms with Gasteiger partial charge in [-0.3, -0.25) is 4.79 Å². The second kappa shape index (κ2) is 7.89. The van der Waals surface area contributed by atoms with Crippen molar-refractivity contribution in [2.75, 3.05) is 23.3 Å². The van der Waals surface area contributed by atoms with Gasteiger partial charge in [0.1, 0.15) is 5.71 Å². The van der Waals surface area contributed by atoms with E-state index < -0.39 is 6.10 Å². The molecule has 1 aliphatic rings. The summed E-state index contributed by atoms with van der Waals surface area (Å²) in [5.74, 6) is -0.197. The number of anilines is 2. The van der Waals surface area contributed by atoms with E-state index in [4.69, 9.17) is 16.4 Å². The fraction of sp³-hybridized carbons (Fsp3) is 0.333. The number of nitrogens with zero attached hydrogens (tertiary/aromatic N) is 2. The van der Waals surface area contributed by atoms with Gasteiger partial charge in [-0.1, -0.05) is 16.8 Å². The summed E-state index contributed by atoms with van der Waals surface area (Å²) >= 11 is 7.37. The fourth-order valence-electron chi connectivity index (χ4n) is 2.70. The maximum Gasteiger partial charge on any atom is 0.268 e. The van der Waals surface area contributed by atoms with Crippen LogP contribution in [-0.2, 0) is 9.63 Å². The van der Waals surface area contributed by atoms with Gasteiger partial charge in [-0.2, -0.15) is 0 Å². The standard InChI is InChI=1S/C18H20ClN3O2S/c1-3-22(4-2)13-7-5-12(6-8-13)20-18(23)15-11-14(21-24-15)16-9-10-17(19)25-16/h5-10,15H,3-4,11H2,1-2H3,(H,20,23). The number of carbonyl (C=O) groups excluding carboxylic acids is 1. The molecule has 1 unspecified atom stereocenters. The maximum atomic E-state index is 12.4. The van der Waals surface area contributed by atoms with E-state index in [1.54, 1.807) is 0 Å². The van der Waals surface area contributed by atoms with Crippen LogP contribution in [0.5, 0.6) is 0 Å². The lowest BCUT2D eigenvalue weighted by Gasteiger charge is -2.21. The third-order valence-electron chi connectivity index (χ3n) is 4.08. The molecule has 1 N–H and O–H groups in total. The van der Waals surface area contributed by atoms with Crippen LogP contribution in [0.3, 0.4) is 0 Å². The van der Waals surface area contributed by atoms with E-state index in [0.717, 1.165) is 35.1 Å². The molecule has 0 saturated carbocycles. The van der Waals surface area contributed by atoms with Crippen LogP contribution in [0.1, 0.15) is 25.1 Å². The summed E-state index contributed by atoms with van der Waals surface area (Å²) in [7, 11) is 0. The molecule has 7 heteroatoms. The Bertz CT molecular complexity index is 769. The molecular weight excluding hydrogens is 358 g/mol. The summed E-state index contributed by atoms with van der Waals surface area (Å²) in [6.45, 7) is 6.14. The first-order chi connectivity index (χ1) is 12.1. The van der Waals surface area contributed by atoms with Crippen LogP contribution in [0.25, 0.3) is 0 Å². The topological polar surface area (TPSA) is 53.9 Å². The summed E-state index contributed by atoms with van der Waals surface area (Å²) in [6, 6.07) is 11.5. The molecule has 25 heavy (non-hydrogen) atoms. The number of hydrogen-bond acceptors (Lipinski definition) is 5. The Hall–Kier alpha value is -2.05. The lowest BCUT2D eigenvalue weighted by atomic mass is 10.1. The second-order valence-electron chi connectivity index (χ2n) is 5.65. The smallest absolute Gasteiger partial charge is 0.268 e. The van der Waals surface area contributed by atoms with Crippen LogP contribution in [0.4, 0.5) is 11.4 Å². The van der Waals surface area contributed by atoms with Crippen molar-refractivity contribution >= 4 is 45.9 Å². The average Bonchev–Trinajstić information content (AvgIpc) is 3.26. The molecule has 0 aliphatic carbocycles. The van der Waals surface area contributed by atoms with Crippen molar-refractivity contribution in [3.63, 3.8) is 0 Å². The second-order valence-corrected chi connectivity index (χ2v) is 7.36. The number of carbonyl (C=O) groups is 1. The zero-order valence-electron chi connectivity index (χ0n) is 14.2. The van der Waals surface area contributed by atoms with Crippen molar-refractivity contribution in [2.45, 2.75) is 26.4 Å². The lowest BCUT2D eigenvalue weighted by molar-refractivity contribution is -0.125. The van der Waals surface area contributed by atoms with Gasteiger partial charge in [-0.25, -0.2) is 0 Å². The molecule has 1 aliphatic heterocycles. The van der Waals surface area contributed by atoms with Gasteiger partial charge < -0.3 is 15.1 Å². The number of amides is 1. The third kappa shape index (κ3) is 4.14. The molecule has 132 valence electrons. The SMILES string of the molecule is CCN(CC)c1ccc(NC(=O)C2CC(c3ccc(Cl)s3)=NO2)cc1. The van der Waals surface area contributed by atoms with E-state index in [2.05, 4.69) is 29.2 Å². The molecule has 0 fully saturated rings. The van der Waals surface area contributed by atoms with E-state index in [1.165, 1.54) is 11.3 Å². The van der Waals surface area contributed by atoms with E-state index in [-0.39, 0.29) is 5.91 Å². The van der Waals surface area contributed by atoms with Crippen LogP contribution in [0, 0.1) is 0 Å². The number of oxime groups is 1.